The highest BCUT2D eigenvalue weighted by Crippen LogP contribution is 2.29. The average Bonchev–Trinajstić information content (AvgIpc) is 3.00. The average molecular weight is 430 g/mol. The van der Waals surface area contributed by atoms with Gasteiger partial charge in [-0.3, -0.25) is 9.69 Å². The number of halogens is 2. The quantitative estimate of drug-likeness (QED) is 0.328. The van der Waals surface area contributed by atoms with Crippen molar-refractivity contribution in [2.75, 3.05) is 18.1 Å². The second-order valence-corrected chi connectivity index (χ2v) is 7.49. The van der Waals surface area contributed by atoms with Crippen molar-refractivity contribution in [1.29, 1.82) is 0 Å². The number of rotatable bonds is 8. The summed E-state index contributed by atoms with van der Waals surface area (Å²) in [5.74, 6) is -0.768. The van der Waals surface area contributed by atoms with Crippen LogP contribution >= 0.6 is 34.5 Å². The van der Waals surface area contributed by atoms with E-state index in [1.807, 2.05) is 0 Å². The molecule has 2 heterocycles. The zero-order valence-electron chi connectivity index (χ0n) is 15.4. The number of ether oxygens (including phenoxy) is 1. The van der Waals surface area contributed by atoms with Gasteiger partial charge in [0, 0.05) is 6.54 Å². The third kappa shape index (κ3) is 5.40. The Labute approximate surface area is 172 Å². The smallest absolute Gasteiger partial charge is 0.350 e. The van der Waals surface area contributed by atoms with Crippen LogP contribution in [0.1, 0.15) is 58.8 Å². The van der Waals surface area contributed by atoms with Gasteiger partial charge in [-0.15, -0.1) is 0 Å². The molecule has 0 aliphatic rings. The van der Waals surface area contributed by atoms with Crippen LogP contribution in [0.4, 0.5) is 5.13 Å². The molecule has 0 fully saturated rings. The van der Waals surface area contributed by atoms with Gasteiger partial charge in [0.25, 0.3) is 5.91 Å². The summed E-state index contributed by atoms with van der Waals surface area (Å²) in [5, 5.41) is 0.679. The lowest BCUT2D eigenvalue weighted by Gasteiger charge is -2.20. The van der Waals surface area contributed by atoms with Gasteiger partial charge in [-0.05, 0) is 32.4 Å². The standard InChI is InChI=1S/C18H21Cl2N3O3S/c1-4-6-7-10-23(16(24)12-8-9-13(19)22-15(12)20)18-21-11(3)14(27-18)17(25)26-5-2/h8-9H,4-7,10H2,1-3H3. The van der Waals surface area contributed by atoms with Crippen molar-refractivity contribution in [2.45, 2.75) is 40.0 Å². The van der Waals surface area contributed by atoms with E-state index in [0.29, 0.717) is 22.2 Å². The maximum Gasteiger partial charge on any atom is 0.350 e. The molecule has 1 amide bonds. The van der Waals surface area contributed by atoms with Crippen LogP contribution in [-0.2, 0) is 4.74 Å². The van der Waals surface area contributed by atoms with E-state index in [4.69, 9.17) is 27.9 Å². The molecule has 2 rings (SSSR count). The van der Waals surface area contributed by atoms with Gasteiger partial charge in [-0.2, -0.15) is 0 Å². The number of carbonyl (C=O) groups excluding carboxylic acids is 2. The third-order valence-corrected chi connectivity index (χ3v) is 5.41. The van der Waals surface area contributed by atoms with Crippen molar-refractivity contribution in [2.24, 2.45) is 0 Å². The molecule has 0 aliphatic carbocycles. The summed E-state index contributed by atoms with van der Waals surface area (Å²) in [6.07, 6.45) is 2.77. The largest absolute Gasteiger partial charge is 0.462 e. The SMILES string of the molecule is CCCCCN(C(=O)c1ccc(Cl)nc1Cl)c1nc(C)c(C(=O)OCC)s1. The number of carbonyl (C=O) groups is 2. The summed E-state index contributed by atoms with van der Waals surface area (Å²) in [6.45, 7) is 6.28. The van der Waals surface area contributed by atoms with Crippen LogP contribution in [0.5, 0.6) is 0 Å². The van der Waals surface area contributed by atoms with Gasteiger partial charge in [0.05, 0.1) is 17.9 Å². The topological polar surface area (TPSA) is 72.4 Å². The van der Waals surface area contributed by atoms with Crippen molar-refractivity contribution in [3.05, 3.63) is 38.6 Å². The molecule has 27 heavy (non-hydrogen) atoms. The van der Waals surface area contributed by atoms with E-state index in [-0.39, 0.29) is 28.4 Å². The maximum absolute atomic E-state index is 13.1. The maximum atomic E-state index is 13.1. The molecule has 0 spiro atoms. The van der Waals surface area contributed by atoms with Gasteiger partial charge in [0.2, 0.25) is 0 Å². The Bertz CT molecular complexity index is 826. The summed E-state index contributed by atoms with van der Waals surface area (Å²) >= 11 is 13.1. The van der Waals surface area contributed by atoms with E-state index in [2.05, 4.69) is 16.9 Å². The molecule has 146 valence electrons. The summed E-state index contributed by atoms with van der Waals surface area (Å²) in [5.41, 5.74) is 0.769. The molecule has 0 bridgehead atoms. The van der Waals surface area contributed by atoms with Crippen LogP contribution in [0.25, 0.3) is 0 Å². The van der Waals surface area contributed by atoms with Crippen molar-refractivity contribution < 1.29 is 14.3 Å². The zero-order chi connectivity index (χ0) is 20.0. The molecule has 0 saturated carbocycles. The molecule has 0 saturated heterocycles. The number of unbranched alkanes of at least 4 members (excludes halogenated alkanes) is 2. The highest BCUT2D eigenvalue weighted by atomic mass is 35.5. The molecule has 0 aliphatic heterocycles. The second-order valence-electron chi connectivity index (χ2n) is 5.77. The first-order valence-corrected chi connectivity index (χ1v) is 10.2. The lowest BCUT2D eigenvalue weighted by Crippen LogP contribution is -2.32. The molecule has 0 atom stereocenters. The van der Waals surface area contributed by atoms with E-state index in [1.165, 1.54) is 11.0 Å². The summed E-state index contributed by atoms with van der Waals surface area (Å²) in [4.78, 5) is 35.5. The summed E-state index contributed by atoms with van der Waals surface area (Å²) in [6, 6.07) is 3.06. The first-order valence-electron chi connectivity index (χ1n) is 8.67. The van der Waals surface area contributed by atoms with E-state index >= 15 is 0 Å². The molecule has 2 aromatic rings. The zero-order valence-corrected chi connectivity index (χ0v) is 17.7. The van der Waals surface area contributed by atoms with Gasteiger partial charge in [0.15, 0.2) is 5.13 Å². The Morgan fingerprint density at radius 3 is 2.56 bits per heavy atom. The number of hydrogen-bond donors (Lipinski definition) is 0. The number of esters is 1. The number of aromatic nitrogens is 2. The molecule has 0 radical (unpaired) electrons. The number of anilines is 1. The number of hydrogen-bond acceptors (Lipinski definition) is 6. The van der Waals surface area contributed by atoms with Crippen molar-refractivity contribution in [3.8, 4) is 0 Å². The Morgan fingerprint density at radius 2 is 1.93 bits per heavy atom. The van der Waals surface area contributed by atoms with E-state index < -0.39 is 5.97 Å². The number of nitrogens with zero attached hydrogens (tertiary/aromatic N) is 3. The van der Waals surface area contributed by atoms with Crippen LogP contribution in [0, 0.1) is 6.92 Å². The van der Waals surface area contributed by atoms with E-state index in [0.717, 1.165) is 30.6 Å². The van der Waals surface area contributed by atoms with Crippen LogP contribution in [0.15, 0.2) is 12.1 Å². The minimum atomic E-state index is -0.439. The fourth-order valence-electron chi connectivity index (χ4n) is 2.40. The van der Waals surface area contributed by atoms with Crippen molar-refractivity contribution in [1.82, 2.24) is 9.97 Å². The van der Waals surface area contributed by atoms with Gasteiger partial charge in [-0.25, -0.2) is 14.8 Å². The molecule has 2 aromatic heterocycles. The van der Waals surface area contributed by atoms with E-state index in [9.17, 15) is 9.59 Å². The Morgan fingerprint density at radius 1 is 1.19 bits per heavy atom. The molecule has 0 aromatic carbocycles. The first kappa shape index (κ1) is 21.6. The number of thiazole rings is 1. The molecule has 0 N–H and O–H groups in total. The fraction of sp³-hybridized carbons (Fsp3) is 0.444. The minimum Gasteiger partial charge on any atom is -0.462 e. The predicted molar refractivity (Wildman–Crippen MR) is 108 cm³/mol. The summed E-state index contributed by atoms with van der Waals surface area (Å²) in [7, 11) is 0. The monoisotopic (exact) mass is 429 g/mol. The van der Waals surface area contributed by atoms with Crippen LogP contribution in [0.3, 0.4) is 0 Å². The number of amides is 1. The number of aryl methyl sites for hydroxylation is 1. The highest BCUT2D eigenvalue weighted by Gasteiger charge is 2.26. The fourth-order valence-corrected chi connectivity index (χ4v) is 3.82. The van der Waals surface area contributed by atoms with E-state index in [1.54, 1.807) is 19.9 Å². The highest BCUT2D eigenvalue weighted by molar-refractivity contribution is 7.17. The number of pyridine rings is 1. The predicted octanol–water partition coefficient (Wildman–Crippen LogP) is 5.17. The van der Waals surface area contributed by atoms with Crippen LogP contribution in [-0.4, -0.2) is 35.0 Å². The summed E-state index contributed by atoms with van der Waals surface area (Å²) < 4.78 is 5.06. The molecule has 6 nitrogen and oxygen atoms in total. The Hall–Kier alpha value is -1.70. The molecular weight excluding hydrogens is 409 g/mol. The molecule has 0 unspecified atom stereocenters. The normalized spacial score (nSPS) is 10.7. The minimum absolute atomic E-state index is 0.0342. The molecular formula is C18H21Cl2N3O3S. The van der Waals surface area contributed by atoms with Gasteiger partial charge in [-0.1, -0.05) is 54.3 Å². The van der Waals surface area contributed by atoms with Crippen LogP contribution < -0.4 is 4.90 Å². The third-order valence-electron chi connectivity index (χ3n) is 3.75. The lowest BCUT2D eigenvalue weighted by molar-refractivity contribution is 0.0531. The second kappa shape index (κ2) is 10.0. The Kier molecular flexibility index (Phi) is 8.01. The van der Waals surface area contributed by atoms with Gasteiger partial charge < -0.3 is 4.74 Å². The lowest BCUT2D eigenvalue weighted by atomic mass is 10.2. The van der Waals surface area contributed by atoms with Gasteiger partial charge in [0.1, 0.15) is 15.2 Å². The van der Waals surface area contributed by atoms with Crippen molar-refractivity contribution >= 4 is 51.5 Å². The van der Waals surface area contributed by atoms with Crippen LogP contribution in [0.2, 0.25) is 10.3 Å². The van der Waals surface area contributed by atoms with Crippen molar-refractivity contribution in [3.63, 3.8) is 0 Å². The molecule has 9 heteroatoms. The van der Waals surface area contributed by atoms with Gasteiger partial charge >= 0.3 is 5.97 Å². The Balaban J connectivity index is 2.38. The first-order chi connectivity index (χ1) is 12.9.